The fourth-order valence-electron chi connectivity index (χ4n) is 4.10. The second-order valence-corrected chi connectivity index (χ2v) is 8.44. The number of aromatic hydroxyl groups is 3. The van der Waals surface area contributed by atoms with Crippen LogP contribution in [0.15, 0.2) is 53.3 Å². The van der Waals surface area contributed by atoms with Gasteiger partial charge < -0.3 is 26.0 Å². The Hall–Kier alpha value is -4.04. The van der Waals surface area contributed by atoms with Crippen LogP contribution in [0.3, 0.4) is 0 Å². The molecule has 8 nitrogen and oxygen atoms in total. The third-order valence-electron chi connectivity index (χ3n) is 5.69. The second-order valence-electron chi connectivity index (χ2n) is 8.00. The normalized spacial score (nSPS) is 14.4. The summed E-state index contributed by atoms with van der Waals surface area (Å²) in [5, 5.41) is 36.6. The van der Waals surface area contributed by atoms with Crippen molar-refractivity contribution in [2.24, 2.45) is 0 Å². The van der Waals surface area contributed by atoms with Gasteiger partial charge in [0.1, 0.15) is 0 Å². The van der Waals surface area contributed by atoms with Crippen molar-refractivity contribution in [3.05, 3.63) is 80.5 Å². The van der Waals surface area contributed by atoms with E-state index in [0.717, 1.165) is 0 Å². The average molecular weight is 481 g/mol. The monoisotopic (exact) mass is 480 g/mol. The van der Waals surface area contributed by atoms with Gasteiger partial charge >= 0.3 is 0 Å². The molecule has 1 atom stereocenters. The van der Waals surface area contributed by atoms with E-state index in [1.165, 1.54) is 43.3 Å². The number of fused-ring (bicyclic) bond motifs is 3. The molecular weight excluding hydrogens is 460 g/mol. The van der Waals surface area contributed by atoms with E-state index in [1.54, 1.807) is 12.1 Å². The highest BCUT2D eigenvalue weighted by molar-refractivity contribution is 6.30. The number of carbonyl (C=O) groups is 2. The molecule has 0 fully saturated rings. The zero-order valence-electron chi connectivity index (χ0n) is 18.1. The van der Waals surface area contributed by atoms with Crippen molar-refractivity contribution in [1.82, 2.24) is 5.32 Å². The Kier molecular flexibility index (Phi) is 6.17. The first-order valence-corrected chi connectivity index (χ1v) is 10.8. The molecule has 0 saturated heterocycles. The Morgan fingerprint density at radius 1 is 1.00 bits per heavy atom. The van der Waals surface area contributed by atoms with Crippen molar-refractivity contribution in [2.45, 2.75) is 25.8 Å². The summed E-state index contributed by atoms with van der Waals surface area (Å²) in [7, 11) is 0. The Bertz CT molecular complexity index is 1370. The molecule has 1 aliphatic carbocycles. The van der Waals surface area contributed by atoms with Gasteiger partial charge in [-0.15, -0.1) is 0 Å². The van der Waals surface area contributed by atoms with Crippen LogP contribution in [0.1, 0.15) is 40.9 Å². The van der Waals surface area contributed by atoms with Crippen molar-refractivity contribution in [1.29, 1.82) is 0 Å². The number of phenolic OH excluding ortho intramolecular Hbond substituents is 3. The number of anilines is 1. The zero-order chi connectivity index (χ0) is 24.6. The van der Waals surface area contributed by atoms with Gasteiger partial charge in [0.2, 0.25) is 17.1 Å². The molecule has 2 amide bonds. The molecule has 9 heteroatoms. The molecule has 4 rings (SSSR count). The lowest BCUT2D eigenvalue weighted by molar-refractivity contribution is -0.119. The predicted octanol–water partition coefficient (Wildman–Crippen LogP) is 3.86. The van der Waals surface area contributed by atoms with E-state index in [9.17, 15) is 29.7 Å². The fourth-order valence-corrected chi connectivity index (χ4v) is 4.23. The first kappa shape index (κ1) is 23.1. The molecule has 1 aliphatic rings. The van der Waals surface area contributed by atoms with Crippen molar-refractivity contribution in [3.8, 4) is 28.4 Å². The summed E-state index contributed by atoms with van der Waals surface area (Å²) >= 11 is 5.86. The van der Waals surface area contributed by atoms with Crippen LogP contribution in [-0.2, 0) is 11.2 Å². The third-order valence-corrected chi connectivity index (χ3v) is 5.95. The zero-order valence-corrected chi connectivity index (χ0v) is 18.8. The predicted molar refractivity (Wildman–Crippen MR) is 127 cm³/mol. The Labute approximate surface area is 199 Å². The maximum absolute atomic E-state index is 13.1. The molecule has 0 heterocycles. The van der Waals surface area contributed by atoms with Gasteiger partial charge in [-0.1, -0.05) is 17.7 Å². The largest absolute Gasteiger partial charge is 0.504 e. The number of nitrogens with one attached hydrogen (secondary N) is 2. The molecule has 0 radical (unpaired) electrons. The highest BCUT2D eigenvalue weighted by Gasteiger charge is 2.28. The summed E-state index contributed by atoms with van der Waals surface area (Å²) in [6.07, 6.45) is 0.730. The lowest BCUT2D eigenvalue weighted by Gasteiger charge is -2.17. The minimum Gasteiger partial charge on any atom is -0.504 e. The molecule has 0 saturated carbocycles. The van der Waals surface area contributed by atoms with Crippen molar-refractivity contribution in [3.63, 3.8) is 0 Å². The summed E-state index contributed by atoms with van der Waals surface area (Å²) in [5.74, 6) is -2.53. The first-order valence-electron chi connectivity index (χ1n) is 10.4. The topological polar surface area (TPSA) is 136 Å². The van der Waals surface area contributed by atoms with Crippen LogP contribution < -0.4 is 16.1 Å². The maximum atomic E-state index is 13.1. The van der Waals surface area contributed by atoms with Gasteiger partial charge in [0.25, 0.3) is 5.91 Å². The van der Waals surface area contributed by atoms with Crippen LogP contribution in [0.25, 0.3) is 11.1 Å². The van der Waals surface area contributed by atoms with Gasteiger partial charge in [0.05, 0.1) is 11.7 Å². The van der Waals surface area contributed by atoms with E-state index in [2.05, 4.69) is 10.6 Å². The number of benzene rings is 2. The Morgan fingerprint density at radius 2 is 1.71 bits per heavy atom. The lowest BCUT2D eigenvalue weighted by Crippen LogP contribution is -2.26. The van der Waals surface area contributed by atoms with Crippen molar-refractivity contribution < 1.29 is 24.9 Å². The van der Waals surface area contributed by atoms with Gasteiger partial charge in [-0.2, -0.15) is 0 Å². The van der Waals surface area contributed by atoms with Crippen molar-refractivity contribution >= 4 is 29.1 Å². The summed E-state index contributed by atoms with van der Waals surface area (Å²) in [6, 6.07) is 11.2. The smallest absolute Gasteiger partial charge is 0.255 e. The molecule has 0 unspecified atom stereocenters. The number of hydrogen-bond acceptors (Lipinski definition) is 6. The van der Waals surface area contributed by atoms with Crippen LogP contribution in [0.2, 0.25) is 5.02 Å². The number of carbonyl (C=O) groups excluding carboxylic acids is 2. The highest BCUT2D eigenvalue weighted by atomic mass is 35.5. The van der Waals surface area contributed by atoms with Gasteiger partial charge in [-0.25, -0.2) is 0 Å². The molecule has 0 spiro atoms. The number of hydrogen-bond donors (Lipinski definition) is 5. The average Bonchev–Trinajstić information content (AvgIpc) is 3.02. The molecule has 0 aromatic heterocycles. The van der Waals surface area contributed by atoms with Gasteiger partial charge in [-0.05, 0) is 72.0 Å². The Balaban J connectivity index is 1.87. The Morgan fingerprint density at radius 3 is 2.38 bits per heavy atom. The van der Waals surface area contributed by atoms with Crippen LogP contribution >= 0.6 is 11.6 Å². The van der Waals surface area contributed by atoms with Crippen molar-refractivity contribution in [2.75, 3.05) is 5.32 Å². The summed E-state index contributed by atoms with van der Waals surface area (Å²) in [6.45, 7) is 1.35. The van der Waals surface area contributed by atoms with Crippen LogP contribution in [-0.4, -0.2) is 27.1 Å². The van der Waals surface area contributed by atoms with E-state index < -0.39 is 34.6 Å². The van der Waals surface area contributed by atoms with E-state index in [0.29, 0.717) is 40.1 Å². The van der Waals surface area contributed by atoms with E-state index in [4.69, 9.17) is 11.6 Å². The van der Waals surface area contributed by atoms with E-state index >= 15 is 0 Å². The first-order chi connectivity index (χ1) is 16.2. The minimum absolute atomic E-state index is 0.0151. The van der Waals surface area contributed by atoms with Gasteiger partial charge in [-0.3, -0.25) is 14.4 Å². The summed E-state index contributed by atoms with van der Waals surface area (Å²) in [4.78, 5) is 37.6. The molecule has 0 bridgehead atoms. The molecule has 5 N–H and O–H groups in total. The van der Waals surface area contributed by atoms with Gasteiger partial charge in [0, 0.05) is 23.1 Å². The van der Waals surface area contributed by atoms with Crippen LogP contribution in [0.4, 0.5) is 5.69 Å². The summed E-state index contributed by atoms with van der Waals surface area (Å²) < 4.78 is 0. The maximum Gasteiger partial charge on any atom is 0.255 e. The highest BCUT2D eigenvalue weighted by Crippen LogP contribution is 2.48. The molecule has 3 aromatic carbocycles. The van der Waals surface area contributed by atoms with E-state index in [-0.39, 0.29) is 17.2 Å². The molecular formula is C25H21ClN2O6. The fraction of sp³-hybridized carbons (Fsp3) is 0.160. The number of halogens is 1. The van der Waals surface area contributed by atoms with E-state index in [1.807, 2.05) is 0 Å². The van der Waals surface area contributed by atoms with Gasteiger partial charge in [0.15, 0.2) is 11.5 Å². The standard InChI is InChI=1S/C25H21ClN2O6/c1-12(29)27-18-8-4-14-10-21(31)23(32)24(33)22(14)16-7-9-19(20(30)11-17(16)18)28-25(34)13-2-5-15(26)6-3-13/h2-3,5-7,9-11,18,31-33H,4,8H2,1H3,(H,27,29)(H,28,30,34)/t18-/m0/s1. The number of phenols is 3. The minimum atomic E-state index is -0.687. The van der Waals surface area contributed by atoms with Crippen LogP contribution in [0, 0.1) is 0 Å². The number of rotatable bonds is 3. The molecule has 174 valence electrons. The molecule has 0 aliphatic heterocycles. The third kappa shape index (κ3) is 4.40. The molecule has 3 aromatic rings. The lowest BCUT2D eigenvalue weighted by atomic mass is 9.95. The van der Waals surface area contributed by atoms with Crippen LogP contribution in [0.5, 0.6) is 17.2 Å². The number of amides is 2. The molecule has 34 heavy (non-hydrogen) atoms. The number of aryl methyl sites for hydroxylation is 1. The summed E-state index contributed by atoms with van der Waals surface area (Å²) in [5.41, 5.74) is 1.34. The SMILES string of the molecule is CC(=O)N[C@H]1CCc2cc(O)c(O)c(O)c2-c2ccc(NC(=O)c3ccc(Cl)cc3)c(=O)cc21. The quantitative estimate of drug-likeness (QED) is 0.361. The second kappa shape index (κ2) is 9.07.